The Labute approximate surface area is 127 Å². The Kier molecular flexibility index (Phi) is 3.72. The second kappa shape index (κ2) is 5.36. The Morgan fingerprint density at radius 3 is 2.10 bits per heavy atom. The van der Waals surface area contributed by atoms with E-state index in [1.54, 1.807) is 0 Å². The highest BCUT2D eigenvalue weighted by atomic mass is 35.5. The molecule has 4 heteroatoms. The van der Waals surface area contributed by atoms with E-state index in [0.717, 1.165) is 30.6 Å². The van der Waals surface area contributed by atoms with Gasteiger partial charge in [-0.25, -0.2) is 4.39 Å². The van der Waals surface area contributed by atoms with Crippen LogP contribution in [0.3, 0.4) is 0 Å². The quantitative estimate of drug-likeness (QED) is 0.895. The SMILES string of the molecule is Fc1ccc(C2(Cc3c(Cl)cccc3Cl)CNC2)cc1. The average Bonchev–Trinajstić information content (AvgIpc) is 2.38. The van der Waals surface area contributed by atoms with Gasteiger partial charge in [-0.3, -0.25) is 0 Å². The highest BCUT2D eigenvalue weighted by Crippen LogP contribution is 2.37. The molecule has 1 aliphatic heterocycles. The van der Waals surface area contributed by atoms with E-state index < -0.39 is 0 Å². The summed E-state index contributed by atoms with van der Waals surface area (Å²) in [6.45, 7) is 1.69. The fourth-order valence-corrected chi connectivity index (χ4v) is 3.23. The van der Waals surface area contributed by atoms with Gasteiger partial charge in [-0.15, -0.1) is 0 Å². The summed E-state index contributed by atoms with van der Waals surface area (Å²) < 4.78 is 13.1. The summed E-state index contributed by atoms with van der Waals surface area (Å²) in [7, 11) is 0. The van der Waals surface area contributed by atoms with Gasteiger partial charge < -0.3 is 5.32 Å². The highest BCUT2D eigenvalue weighted by molar-refractivity contribution is 6.36. The van der Waals surface area contributed by atoms with Crippen molar-refractivity contribution in [3.8, 4) is 0 Å². The van der Waals surface area contributed by atoms with Crippen LogP contribution < -0.4 is 5.32 Å². The Morgan fingerprint density at radius 1 is 1.00 bits per heavy atom. The van der Waals surface area contributed by atoms with Crippen molar-refractivity contribution >= 4 is 23.2 Å². The van der Waals surface area contributed by atoms with Crippen molar-refractivity contribution in [2.45, 2.75) is 11.8 Å². The summed E-state index contributed by atoms with van der Waals surface area (Å²) in [5.41, 5.74) is 2.03. The maximum atomic E-state index is 13.1. The maximum absolute atomic E-state index is 13.1. The first-order valence-corrected chi connectivity index (χ1v) is 7.26. The Balaban J connectivity index is 1.96. The van der Waals surface area contributed by atoms with Crippen LogP contribution in [0.25, 0.3) is 0 Å². The summed E-state index contributed by atoms with van der Waals surface area (Å²) in [5, 5.41) is 4.67. The van der Waals surface area contributed by atoms with Gasteiger partial charge in [0, 0.05) is 28.5 Å². The van der Waals surface area contributed by atoms with Gasteiger partial charge >= 0.3 is 0 Å². The lowest BCUT2D eigenvalue weighted by molar-refractivity contribution is 0.274. The van der Waals surface area contributed by atoms with Gasteiger partial charge in [0.15, 0.2) is 0 Å². The first kappa shape index (κ1) is 13.9. The van der Waals surface area contributed by atoms with Crippen LogP contribution in [0.2, 0.25) is 10.0 Å². The molecule has 104 valence electrons. The van der Waals surface area contributed by atoms with Gasteiger partial charge in [0.05, 0.1) is 0 Å². The van der Waals surface area contributed by atoms with Crippen LogP contribution >= 0.6 is 23.2 Å². The molecule has 0 radical (unpaired) electrons. The van der Waals surface area contributed by atoms with Crippen molar-refractivity contribution in [1.82, 2.24) is 5.32 Å². The molecular formula is C16H14Cl2FN. The third kappa shape index (κ3) is 2.44. The number of benzene rings is 2. The van der Waals surface area contributed by atoms with Crippen LogP contribution in [0, 0.1) is 5.82 Å². The molecule has 2 aromatic carbocycles. The van der Waals surface area contributed by atoms with Crippen LogP contribution in [0.1, 0.15) is 11.1 Å². The smallest absolute Gasteiger partial charge is 0.123 e. The first-order valence-electron chi connectivity index (χ1n) is 6.50. The number of rotatable bonds is 3. The van der Waals surface area contributed by atoms with Crippen LogP contribution in [-0.4, -0.2) is 13.1 Å². The van der Waals surface area contributed by atoms with E-state index in [9.17, 15) is 4.39 Å². The molecule has 2 aromatic rings. The van der Waals surface area contributed by atoms with Gasteiger partial charge in [0.25, 0.3) is 0 Å². The van der Waals surface area contributed by atoms with Gasteiger partial charge in [-0.2, -0.15) is 0 Å². The topological polar surface area (TPSA) is 12.0 Å². The molecule has 20 heavy (non-hydrogen) atoms. The third-order valence-corrected chi connectivity index (χ3v) is 4.67. The Bertz CT molecular complexity index is 601. The molecule has 1 heterocycles. The number of hydrogen-bond acceptors (Lipinski definition) is 1. The number of halogens is 3. The van der Waals surface area contributed by atoms with E-state index >= 15 is 0 Å². The number of nitrogens with one attached hydrogen (secondary N) is 1. The lowest BCUT2D eigenvalue weighted by Gasteiger charge is -2.44. The molecule has 0 aromatic heterocycles. The van der Waals surface area contributed by atoms with E-state index in [0.29, 0.717) is 10.0 Å². The van der Waals surface area contributed by atoms with E-state index in [2.05, 4.69) is 5.32 Å². The maximum Gasteiger partial charge on any atom is 0.123 e. The second-order valence-corrected chi connectivity index (χ2v) is 6.08. The Hall–Kier alpha value is -1.09. The summed E-state index contributed by atoms with van der Waals surface area (Å²) in [6, 6.07) is 12.3. The van der Waals surface area contributed by atoms with Crippen molar-refractivity contribution in [3.05, 3.63) is 69.5 Å². The molecular weight excluding hydrogens is 296 g/mol. The van der Waals surface area contributed by atoms with E-state index in [-0.39, 0.29) is 11.2 Å². The minimum atomic E-state index is -0.216. The normalized spacial score (nSPS) is 16.8. The predicted octanol–water partition coefficient (Wildman–Crippen LogP) is 4.22. The first-order chi connectivity index (χ1) is 9.61. The standard InChI is InChI=1S/C16H14Cl2FN/c17-14-2-1-3-15(18)13(14)8-16(9-20-10-16)11-4-6-12(19)7-5-11/h1-7,20H,8-10H2. The summed E-state index contributed by atoms with van der Waals surface area (Å²) in [4.78, 5) is 0. The average molecular weight is 310 g/mol. The van der Waals surface area contributed by atoms with E-state index in [1.807, 2.05) is 30.3 Å². The minimum Gasteiger partial charge on any atom is -0.315 e. The van der Waals surface area contributed by atoms with Crippen LogP contribution in [0.4, 0.5) is 4.39 Å². The fraction of sp³-hybridized carbons (Fsp3) is 0.250. The molecule has 0 bridgehead atoms. The second-order valence-electron chi connectivity index (χ2n) is 5.27. The number of hydrogen-bond donors (Lipinski definition) is 1. The van der Waals surface area contributed by atoms with Gasteiger partial charge in [0.1, 0.15) is 5.82 Å². The molecule has 0 aliphatic carbocycles. The van der Waals surface area contributed by atoms with Crippen molar-refractivity contribution in [2.24, 2.45) is 0 Å². The van der Waals surface area contributed by atoms with Crippen LogP contribution in [-0.2, 0) is 11.8 Å². The highest BCUT2D eigenvalue weighted by Gasteiger charge is 2.39. The molecule has 0 atom stereocenters. The lowest BCUT2D eigenvalue weighted by atomic mass is 9.71. The molecule has 0 amide bonds. The van der Waals surface area contributed by atoms with Crippen molar-refractivity contribution in [2.75, 3.05) is 13.1 Å². The lowest BCUT2D eigenvalue weighted by Crippen LogP contribution is -2.58. The fourth-order valence-electron chi connectivity index (χ4n) is 2.70. The van der Waals surface area contributed by atoms with Crippen molar-refractivity contribution in [3.63, 3.8) is 0 Å². The zero-order chi connectivity index (χ0) is 14.2. The molecule has 1 saturated heterocycles. The zero-order valence-corrected chi connectivity index (χ0v) is 12.3. The molecule has 0 spiro atoms. The molecule has 1 N–H and O–H groups in total. The summed E-state index contributed by atoms with van der Waals surface area (Å²) in [5.74, 6) is -0.216. The summed E-state index contributed by atoms with van der Waals surface area (Å²) >= 11 is 12.5. The van der Waals surface area contributed by atoms with E-state index in [1.165, 1.54) is 12.1 Å². The van der Waals surface area contributed by atoms with Crippen LogP contribution in [0.5, 0.6) is 0 Å². The van der Waals surface area contributed by atoms with E-state index in [4.69, 9.17) is 23.2 Å². The molecule has 3 rings (SSSR count). The molecule has 0 unspecified atom stereocenters. The van der Waals surface area contributed by atoms with Crippen LogP contribution in [0.15, 0.2) is 42.5 Å². The minimum absolute atomic E-state index is 0.0532. The molecule has 1 aliphatic rings. The molecule has 1 fully saturated rings. The zero-order valence-electron chi connectivity index (χ0n) is 10.8. The molecule has 0 saturated carbocycles. The largest absolute Gasteiger partial charge is 0.315 e. The predicted molar refractivity (Wildman–Crippen MR) is 81.1 cm³/mol. The van der Waals surface area contributed by atoms with Gasteiger partial charge in [0.2, 0.25) is 0 Å². The van der Waals surface area contributed by atoms with Gasteiger partial charge in [-0.1, -0.05) is 41.4 Å². The monoisotopic (exact) mass is 309 g/mol. The Morgan fingerprint density at radius 2 is 1.60 bits per heavy atom. The third-order valence-electron chi connectivity index (χ3n) is 3.96. The van der Waals surface area contributed by atoms with Crippen molar-refractivity contribution in [1.29, 1.82) is 0 Å². The van der Waals surface area contributed by atoms with Crippen molar-refractivity contribution < 1.29 is 4.39 Å². The molecule has 1 nitrogen and oxygen atoms in total. The summed E-state index contributed by atoms with van der Waals surface area (Å²) in [6.07, 6.45) is 0.754. The van der Waals surface area contributed by atoms with Gasteiger partial charge in [-0.05, 0) is 41.8 Å².